The third-order valence-corrected chi connectivity index (χ3v) is 5.01. The fourth-order valence-corrected chi connectivity index (χ4v) is 3.49. The van der Waals surface area contributed by atoms with E-state index in [0.717, 1.165) is 23.0 Å². The molecule has 2 aromatic carbocycles. The molecule has 178 valence electrons. The van der Waals surface area contributed by atoms with E-state index in [1.54, 1.807) is 10.6 Å². The maximum Gasteiger partial charge on any atom is 0.416 e. The molecule has 0 aliphatic heterocycles. The largest absolute Gasteiger partial charge is 0.487 e. The zero-order valence-electron chi connectivity index (χ0n) is 18.9. The molecule has 0 aliphatic rings. The summed E-state index contributed by atoms with van der Waals surface area (Å²) in [5.41, 5.74) is 1.35. The molecule has 0 aliphatic carbocycles. The number of nitrogens with one attached hydrogen (secondary N) is 1. The van der Waals surface area contributed by atoms with E-state index in [1.807, 2.05) is 51.2 Å². The van der Waals surface area contributed by atoms with Gasteiger partial charge < -0.3 is 14.0 Å². The van der Waals surface area contributed by atoms with E-state index >= 15 is 0 Å². The third-order valence-electron chi connectivity index (χ3n) is 5.01. The lowest BCUT2D eigenvalue weighted by atomic mass is 10.1. The van der Waals surface area contributed by atoms with Gasteiger partial charge in [0.25, 0.3) is 0 Å². The standard InChI is InChI=1S/C25H24F3N3O3/c1-24(2,3)34-23(32)14-31-11-10-17-6-9-20(13-22(17)31)33-15-19-12-21(30-29-19)16-4-7-18(8-5-16)25(26,27)28/h4-13H,14-15H2,1-3H3,(H,29,30). The summed E-state index contributed by atoms with van der Waals surface area (Å²) in [4.78, 5) is 12.2. The van der Waals surface area contributed by atoms with Crippen molar-refractivity contribution in [1.29, 1.82) is 0 Å². The molecule has 0 spiro atoms. The smallest absolute Gasteiger partial charge is 0.416 e. The first-order valence-corrected chi connectivity index (χ1v) is 10.6. The second-order valence-electron chi connectivity index (χ2n) is 8.89. The topological polar surface area (TPSA) is 69.1 Å². The number of fused-ring (bicyclic) bond motifs is 1. The van der Waals surface area contributed by atoms with Gasteiger partial charge in [0.1, 0.15) is 30.2 Å². The summed E-state index contributed by atoms with van der Waals surface area (Å²) in [6.45, 7) is 5.71. The molecule has 4 rings (SSSR count). The first-order chi connectivity index (χ1) is 16.0. The predicted octanol–water partition coefficient (Wildman–Crippen LogP) is 5.97. The van der Waals surface area contributed by atoms with E-state index in [1.165, 1.54) is 12.1 Å². The van der Waals surface area contributed by atoms with Gasteiger partial charge in [-0.25, -0.2) is 0 Å². The number of alkyl halides is 3. The number of hydrogen-bond acceptors (Lipinski definition) is 4. The minimum Gasteiger partial charge on any atom is -0.487 e. The lowest BCUT2D eigenvalue weighted by Gasteiger charge is -2.19. The van der Waals surface area contributed by atoms with E-state index in [-0.39, 0.29) is 19.1 Å². The summed E-state index contributed by atoms with van der Waals surface area (Å²) < 4.78 is 51.3. The Balaban J connectivity index is 1.43. The van der Waals surface area contributed by atoms with Crippen molar-refractivity contribution in [2.24, 2.45) is 0 Å². The van der Waals surface area contributed by atoms with Crippen LogP contribution in [0.3, 0.4) is 0 Å². The highest BCUT2D eigenvalue weighted by Gasteiger charge is 2.30. The Morgan fingerprint density at radius 3 is 2.44 bits per heavy atom. The highest BCUT2D eigenvalue weighted by atomic mass is 19.4. The highest BCUT2D eigenvalue weighted by Crippen LogP contribution is 2.31. The Morgan fingerprint density at radius 1 is 1.03 bits per heavy atom. The predicted molar refractivity (Wildman–Crippen MR) is 121 cm³/mol. The van der Waals surface area contributed by atoms with Crippen molar-refractivity contribution < 1.29 is 27.4 Å². The Bertz CT molecular complexity index is 1300. The molecule has 0 radical (unpaired) electrons. The summed E-state index contributed by atoms with van der Waals surface area (Å²) in [6.07, 6.45) is -2.55. The second-order valence-corrected chi connectivity index (χ2v) is 8.89. The number of benzene rings is 2. The number of H-pyrrole nitrogens is 1. The van der Waals surface area contributed by atoms with Gasteiger partial charge in [0.2, 0.25) is 0 Å². The van der Waals surface area contributed by atoms with Crippen molar-refractivity contribution >= 4 is 16.9 Å². The van der Waals surface area contributed by atoms with E-state index in [0.29, 0.717) is 22.7 Å². The number of aromatic amines is 1. The van der Waals surface area contributed by atoms with Gasteiger partial charge in [-0.1, -0.05) is 12.1 Å². The molecule has 0 amide bonds. The number of halogens is 3. The fourth-order valence-electron chi connectivity index (χ4n) is 3.49. The Morgan fingerprint density at radius 2 is 1.76 bits per heavy atom. The lowest BCUT2D eigenvalue weighted by molar-refractivity contribution is -0.155. The zero-order valence-corrected chi connectivity index (χ0v) is 18.9. The SMILES string of the molecule is CC(C)(C)OC(=O)Cn1ccc2ccc(OCc3cc(-c4ccc(C(F)(F)F)cc4)[nH]n3)cc21. The van der Waals surface area contributed by atoms with Crippen molar-refractivity contribution in [3.8, 4) is 17.0 Å². The molecule has 0 bridgehead atoms. The van der Waals surface area contributed by atoms with Crippen LogP contribution in [-0.4, -0.2) is 26.3 Å². The summed E-state index contributed by atoms with van der Waals surface area (Å²) in [5.74, 6) is 0.263. The van der Waals surface area contributed by atoms with Crippen molar-refractivity contribution in [2.45, 2.75) is 45.7 Å². The van der Waals surface area contributed by atoms with E-state index in [9.17, 15) is 18.0 Å². The van der Waals surface area contributed by atoms with Gasteiger partial charge in [-0.3, -0.25) is 9.89 Å². The number of nitrogens with zero attached hydrogens (tertiary/aromatic N) is 2. The summed E-state index contributed by atoms with van der Waals surface area (Å²) in [6, 6.07) is 14.1. The van der Waals surface area contributed by atoms with Crippen LogP contribution in [0.15, 0.2) is 60.8 Å². The summed E-state index contributed by atoms with van der Waals surface area (Å²) in [7, 11) is 0. The van der Waals surface area contributed by atoms with Gasteiger partial charge in [0, 0.05) is 12.3 Å². The molecule has 0 atom stereocenters. The van der Waals surface area contributed by atoms with Crippen LogP contribution < -0.4 is 4.74 Å². The molecular formula is C25H24F3N3O3. The molecule has 34 heavy (non-hydrogen) atoms. The van der Waals surface area contributed by atoms with E-state index < -0.39 is 17.3 Å². The van der Waals surface area contributed by atoms with E-state index in [2.05, 4.69) is 10.2 Å². The van der Waals surface area contributed by atoms with Gasteiger partial charge >= 0.3 is 12.1 Å². The number of hydrogen-bond donors (Lipinski definition) is 1. The molecule has 0 fully saturated rings. The van der Waals surface area contributed by atoms with Gasteiger partial charge in [0.15, 0.2) is 0 Å². The normalized spacial score (nSPS) is 12.2. The van der Waals surface area contributed by atoms with Crippen LogP contribution >= 0.6 is 0 Å². The maximum atomic E-state index is 12.8. The minimum absolute atomic E-state index is 0.0834. The number of rotatable bonds is 6. The number of carbonyl (C=O) groups excluding carboxylic acids is 1. The monoisotopic (exact) mass is 471 g/mol. The number of esters is 1. The van der Waals surface area contributed by atoms with Crippen LogP contribution in [0.1, 0.15) is 32.0 Å². The van der Waals surface area contributed by atoms with Gasteiger partial charge in [-0.05, 0) is 68.1 Å². The van der Waals surface area contributed by atoms with Crippen molar-refractivity contribution in [2.75, 3.05) is 0 Å². The molecule has 1 N–H and O–H groups in total. The third kappa shape index (κ3) is 5.59. The molecule has 2 aromatic heterocycles. The van der Waals surface area contributed by atoms with Crippen LogP contribution in [0.4, 0.5) is 13.2 Å². The van der Waals surface area contributed by atoms with Crippen LogP contribution in [-0.2, 0) is 28.9 Å². The average molecular weight is 471 g/mol. The summed E-state index contributed by atoms with van der Waals surface area (Å²) in [5, 5.41) is 7.97. The molecule has 2 heterocycles. The molecule has 6 nitrogen and oxygen atoms in total. The second kappa shape index (κ2) is 8.89. The molecule has 9 heteroatoms. The quantitative estimate of drug-likeness (QED) is 0.352. The minimum atomic E-state index is -4.38. The van der Waals surface area contributed by atoms with Gasteiger partial charge in [-0.15, -0.1) is 0 Å². The van der Waals surface area contributed by atoms with Crippen LogP contribution in [0.25, 0.3) is 22.2 Å². The molecule has 0 saturated carbocycles. The molecule has 0 unspecified atom stereocenters. The van der Waals surface area contributed by atoms with Crippen molar-refractivity contribution in [1.82, 2.24) is 14.8 Å². The van der Waals surface area contributed by atoms with Crippen LogP contribution in [0.5, 0.6) is 5.75 Å². The highest BCUT2D eigenvalue weighted by molar-refractivity contribution is 5.83. The number of ether oxygens (including phenoxy) is 2. The fraction of sp³-hybridized carbons (Fsp3) is 0.280. The van der Waals surface area contributed by atoms with Gasteiger partial charge in [0.05, 0.1) is 16.8 Å². The van der Waals surface area contributed by atoms with Crippen molar-refractivity contribution in [3.63, 3.8) is 0 Å². The maximum absolute atomic E-state index is 12.8. The van der Waals surface area contributed by atoms with Crippen LogP contribution in [0, 0.1) is 0 Å². The first-order valence-electron chi connectivity index (χ1n) is 10.6. The lowest BCUT2D eigenvalue weighted by Crippen LogP contribution is -2.26. The first kappa shape index (κ1) is 23.4. The Kier molecular flexibility index (Phi) is 6.12. The summed E-state index contributed by atoms with van der Waals surface area (Å²) >= 11 is 0. The number of aromatic nitrogens is 3. The Hall–Kier alpha value is -3.75. The average Bonchev–Trinajstić information content (AvgIpc) is 3.38. The van der Waals surface area contributed by atoms with Gasteiger partial charge in [-0.2, -0.15) is 18.3 Å². The molecular weight excluding hydrogens is 447 g/mol. The van der Waals surface area contributed by atoms with Crippen LogP contribution in [0.2, 0.25) is 0 Å². The molecule has 0 saturated heterocycles. The van der Waals surface area contributed by atoms with E-state index in [4.69, 9.17) is 9.47 Å². The Labute approximate surface area is 194 Å². The zero-order chi connectivity index (χ0) is 24.5. The number of carbonyl (C=O) groups is 1. The van der Waals surface area contributed by atoms with Crippen molar-refractivity contribution in [3.05, 3.63) is 72.1 Å². The molecule has 4 aromatic rings.